The van der Waals surface area contributed by atoms with Crippen molar-refractivity contribution in [3.8, 4) is 46.6 Å². The van der Waals surface area contributed by atoms with E-state index in [1.807, 2.05) is 65.8 Å². The van der Waals surface area contributed by atoms with Gasteiger partial charge in [-0.25, -0.2) is 9.59 Å². The third-order valence-corrected chi connectivity index (χ3v) is 7.56. The van der Waals surface area contributed by atoms with Crippen LogP contribution in [0.3, 0.4) is 0 Å². The molecule has 0 spiro atoms. The van der Waals surface area contributed by atoms with Gasteiger partial charge in [0.1, 0.15) is 34.5 Å². The second-order valence-corrected chi connectivity index (χ2v) is 12.2. The van der Waals surface area contributed by atoms with Gasteiger partial charge in [0.15, 0.2) is 0 Å². The summed E-state index contributed by atoms with van der Waals surface area (Å²) in [4.78, 5) is 23.0. The summed E-state index contributed by atoms with van der Waals surface area (Å²) in [6, 6.07) is 26.0. The molecule has 0 fully saturated rings. The average molecular weight is 719 g/mol. The molecule has 0 N–H and O–H groups in total. The lowest BCUT2D eigenvalue weighted by Gasteiger charge is -2.15. The Kier molecular flexibility index (Phi) is 18.8. The van der Waals surface area contributed by atoms with Crippen molar-refractivity contribution in [2.45, 2.75) is 89.5 Å². The van der Waals surface area contributed by atoms with E-state index >= 15 is 0 Å². The zero-order chi connectivity index (χ0) is 37.1. The van der Waals surface area contributed by atoms with Gasteiger partial charge in [0.2, 0.25) is 0 Å². The second kappa shape index (κ2) is 21.3. The largest absolute Gasteiger partial charge is 0.457 e. The summed E-state index contributed by atoms with van der Waals surface area (Å²) >= 11 is 0. The fourth-order valence-corrected chi connectivity index (χ4v) is 4.71. The van der Waals surface area contributed by atoms with Gasteiger partial charge in [-0.2, -0.15) is 10.5 Å². The Hall–Kier alpha value is -6.12. The maximum Gasteiger partial charge on any atom is 0.338 e. The Morgan fingerprint density at radius 1 is 0.547 bits per heavy atom. The summed E-state index contributed by atoms with van der Waals surface area (Å²) in [5.41, 5.74) is 6.52. The highest BCUT2D eigenvalue weighted by Crippen LogP contribution is 2.34. The third-order valence-electron chi connectivity index (χ3n) is 7.56. The number of carbonyl (C=O) groups excluding carboxylic acids is 2. The fraction of sp³-hybridized carbons (Fsp3) is 0.289. The number of hydrogen-bond acceptors (Lipinski definition) is 8. The van der Waals surface area contributed by atoms with Gasteiger partial charge in [-0.1, -0.05) is 59.7 Å². The van der Waals surface area contributed by atoms with Crippen LogP contribution in [0.4, 0.5) is 0 Å². The molecule has 4 aromatic rings. The first kappa shape index (κ1) is 46.9. The Morgan fingerprint density at radius 2 is 0.792 bits per heavy atom. The van der Waals surface area contributed by atoms with Crippen LogP contribution < -0.4 is 18.9 Å². The molecule has 8 heteroatoms. The first-order chi connectivity index (χ1) is 23.6. The van der Waals surface area contributed by atoms with E-state index in [4.69, 9.17) is 29.5 Å². The lowest BCUT2D eigenvalue weighted by Crippen LogP contribution is -2.07. The molecule has 0 radical (unpaired) electrons. The number of nitrogens with zero attached hydrogens (tertiary/aromatic N) is 2. The van der Waals surface area contributed by atoms with E-state index in [2.05, 4.69) is 25.3 Å². The van der Waals surface area contributed by atoms with Crippen LogP contribution in [-0.4, -0.2) is 11.9 Å². The number of hydrogen-bond donors (Lipinski definition) is 0. The highest BCUT2D eigenvalue weighted by molar-refractivity contribution is 5.89. The molecule has 4 aromatic carbocycles. The predicted octanol–water partition coefficient (Wildman–Crippen LogP) is 12.3. The van der Waals surface area contributed by atoms with Crippen LogP contribution in [0.25, 0.3) is 0 Å². The first-order valence-electron chi connectivity index (χ1n) is 16.0. The second-order valence-electron chi connectivity index (χ2n) is 12.2. The molecule has 4 rings (SSSR count). The van der Waals surface area contributed by atoms with Crippen molar-refractivity contribution in [3.05, 3.63) is 130 Å². The minimum Gasteiger partial charge on any atom is -0.457 e. The van der Waals surface area contributed by atoms with Crippen LogP contribution in [0.1, 0.15) is 95.2 Å². The number of rotatable bonds is 10. The van der Waals surface area contributed by atoms with Gasteiger partial charge in [0.25, 0.3) is 0 Å². The zero-order valence-electron chi connectivity index (χ0n) is 29.8. The van der Waals surface area contributed by atoms with Crippen LogP contribution in [0.15, 0.2) is 97.1 Å². The summed E-state index contributed by atoms with van der Waals surface area (Å²) in [5, 5.41) is 18.1. The van der Waals surface area contributed by atoms with Crippen molar-refractivity contribution >= 4 is 11.9 Å². The topological polar surface area (TPSA) is 119 Å². The molecule has 280 valence electrons. The number of ether oxygens (including phenoxy) is 4. The molecule has 2 unspecified atom stereocenters. The van der Waals surface area contributed by atoms with Crippen molar-refractivity contribution in [1.82, 2.24) is 0 Å². The smallest absolute Gasteiger partial charge is 0.338 e. The van der Waals surface area contributed by atoms with Crippen LogP contribution in [0, 0.1) is 50.4 Å². The monoisotopic (exact) mass is 718 g/mol. The number of aryl methyl sites for hydroxylation is 4. The molecule has 8 nitrogen and oxygen atoms in total. The van der Waals surface area contributed by atoms with Crippen LogP contribution in [0.5, 0.6) is 34.5 Å². The number of esters is 2. The average Bonchev–Trinajstić information content (AvgIpc) is 3.08. The van der Waals surface area contributed by atoms with Gasteiger partial charge in [0.05, 0.1) is 24.0 Å². The van der Waals surface area contributed by atoms with Gasteiger partial charge in [-0.15, -0.1) is 0 Å². The van der Waals surface area contributed by atoms with Crippen molar-refractivity contribution in [1.29, 1.82) is 10.5 Å². The quantitative estimate of drug-likeness (QED) is 0.0903. The third kappa shape index (κ3) is 13.2. The molecule has 2 atom stereocenters. The normalized spacial score (nSPS) is 10.7. The predicted molar refractivity (Wildman–Crippen MR) is 214 cm³/mol. The SMILES string of the molecule is C.C.C.C=C(C)C(=O)Oc1ccc(Oc2c(C)cc(C(C)C#N)cc2C)cc1.C=C(C)C(=O)Oc1ccc(Oc2c(C)cc(C(C)C#N)cc2C)cc1. The summed E-state index contributed by atoms with van der Waals surface area (Å²) in [7, 11) is 0. The minimum absolute atomic E-state index is 0. The highest BCUT2D eigenvalue weighted by Gasteiger charge is 2.14. The van der Waals surface area contributed by atoms with Crippen LogP contribution in [0.2, 0.25) is 0 Å². The Labute approximate surface area is 316 Å². The summed E-state index contributed by atoms with van der Waals surface area (Å²) < 4.78 is 22.3. The molecule has 0 bridgehead atoms. The Morgan fingerprint density at radius 3 is 1.02 bits per heavy atom. The van der Waals surface area contributed by atoms with Crippen molar-refractivity contribution in [3.63, 3.8) is 0 Å². The van der Waals surface area contributed by atoms with E-state index in [-0.39, 0.29) is 34.1 Å². The molecule has 0 aliphatic rings. The molecule has 0 amide bonds. The standard InChI is InChI=1S/2C21H21NO3.3CH4/c2*1-13(2)21(23)25-19-8-6-18(7-9-19)24-20-14(3)10-17(11-15(20)4)16(5)12-22;;;/h2*6-11,16H,1H2,2-5H3;3*1H4. The lowest BCUT2D eigenvalue weighted by atomic mass is 9.97. The van der Waals surface area contributed by atoms with Gasteiger partial charge in [-0.05, 0) is 137 Å². The van der Waals surface area contributed by atoms with Crippen LogP contribution in [-0.2, 0) is 9.59 Å². The van der Waals surface area contributed by atoms with E-state index in [0.717, 1.165) is 44.9 Å². The van der Waals surface area contributed by atoms with Gasteiger partial charge < -0.3 is 18.9 Å². The van der Waals surface area contributed by atoms with Gasteiger partial charge in [0, 0.05) is 11.1 Å². The van der Waals surface area contributed by atoms with E-state index in [0.29, 0.717) is 34.1 Å². The number of carbonyl (C=O) groups is 2. The molecule has 0 saturated carbocycles. The van der Waals surface area contributed by atoms with Crippen molar-refractivity contribution in [2.24, 2.45) is 0 Å². The van der Waals surface area contributed by atoms with Gasteiger partial charge >= 0.3 is 11.9 Å². The molecule has 0 aliphatic carbocycles. The molecule has 0 aromatic heterocycles. The lowest BCUT2D eigenvalue weighted by molar-refractivity contribution is -0.130. The van der Waals surface area contributed by atoms with E-state index in [1.165, 1.54) is 0 Å². The summed E-state index contributed by atoms with van der Waals surface area (Å²) in [5.74, 6) is 2.46. The molecule has 53 heavy (non-hydrogen) atoms. The van der Waals surface area contributed by atoms with Crippen molar-refractivity contribution in [2.75, 3.05) is 0 Å². The summed E-state index contributed by atoms with van der Waals surface area (Å²) in [6.07, 6.45) is 0. The zero-order valence-corrected chi connectivity index (χ0v) is 29.8. The van der Waals surface area contributed by atoms with E-state index in [1.54, 1.807) is 62.4 Å². The van der Waals surface area contributed by atoms with Crippen LogP contribution >= 0.6 is 0 Å². The maximum absolute atomic E-state index is 11.5. The number of nitriles is 2. The highest BCUT2D eigenvalue weighted by atomic mass is 16.5. The molecule has 0 saturated heterocycles. The summed E-state index contributed by atoms with van der Waals surface area (Å²) in [6.45, 7) is 21.9. The van der Waals surface area contributed by atoms with E-state index < -0.39 is 11.9 Å². The van der Waals surface area contributed by atoms with Crippen molar-refractivity contribution < 1.29 is 28.5 Å². The number of benzene rings is 4. The molecular weight excluding hydrogens is 665 g/mol. The Bertz CT molecular complexity index is 1790. The molecular formula is C45H54N2O6. The Balaban J connectivity index is 0.000000966. The first-order valence-corrected chi connectivity index (χ1v) is 16.0. The van der Waals surface area contributed by atoms with Gasteiger partial charge in [-0.3, -0.25) is 0 Å². The maximum atomic E-state index is 11.5. The molecule has 0 heterocycles. The van der Waals surface area contributed by atoms with E-state index in [9.17, 15) is 9.59 Å². The minimum atomic E-state index is -0.456. The molecule has 0 aliphatic heterocycles. The fourth-order valence-electron chi connectivity index (χ4n) is 4.71.